The van der Waals surface area contributed by atoms with E-state index in [1.807, 2.05) is 72.4 Å². The highest BCUT2D eigenvalue weighted by atomic mass is 16.5. The van der Waals surface area contributed by atoms with Crippen molar-refractivity contribution in [1.29, 1.82) is 0 Å². The predicted molar refractivity (Wildman–Crippen MR) is 123 cm³/mol. The summed E-state index contributed by atoms with van der Waals surface area (Å²) in [5.74, 6) is 3.19. The molecular formula is C25H24N4O3. The van der Waals surface area contributed by atoms with Gasteiger partial charge in [-0.2, -0.15) is 4.98 Å². The number of methoxy groups -OCH3 is 1. The van der Waals surface area contributed by atoms with Crippen molar-refractivity contribution in [1.82, 2.24) is 14.5 Å². The fraction of sp³-hybridized carbons (Fsp3) is 0.160. The van der Waals surface area contributed by atoms with Crippen molar-refractivity contribution in [3.8, 4) is 23.2 Å². The van der Waals surface area contributed by atoms with E-state index in [0.717, 1.165) is 17.1 Å². The van der Waals surface area contributed by atoms with Crippen LogP contribution < -0.4 is 14.8 Å². The number of nitrogens with zero attached hydrogens (tertiary/aromatic N) is 3. The van der Waals surface area contributed by atoms with Gasteiger partial charge in [-0.25, -0.2) is 4.98 Å². The van der Waals surface area contributed by atoms with E-state index in [9.17, 15) is 4.79 Å². The summed E-state index contributed by atoms with van der Waals surface area (Å²) >= 11 is 0. The zero-order chi connectivity index (χ0) is 22.3. The summed E-state index contributed by atoms with van der Waals surface area (Å²) in [4.78, 5) is 21.1. The van der Waals surface area contributed by atoms with Crippen molar-refractivity contribution in [3.05, 3.63) is 90.5 Å². The van der Waals surface area contributed by atoms with Gasteiger partial charge in [0.25, 0.3) is 0 Å². The molecule has 0 saturated carbocycles. The summed E-state index contributed by atoms with van der Waals surface area (Å²) in [7, 11) is 1.63. The second kappa shape index (κ2) is 9.78. The van der Waals surface area contributed by atoms with Gasteiger partial charge < -0.3 is 19.4 Å². The summed E-state index contributed by atoms with van der Waals surface area (Å²) in [5.41, 5.74) is 1.80. The van der Waals surface area contributed by atoms with Gasteiger partial charge in [0.1, 0.15) is 23.1 Å². The van der Waals surface area contributed by atoms with Crippen LogP contribution in [0.5, 0.6) is 17.4 Å². The van der Waals surface area contributed by atoms with Crippen LogP contribution >= 0.6 is 0 Å². The molecule has 1 amide bonds. The number of benzene rings is 2. The SMILES string of the molecule is COc1ccc(CCC(=O)Nc2ccc(Oc3cc(-n4cccc4)nc(C)n3)cc2)cc1. The lowest BCUT2D eigenvalue weighted by Crippen LogP contribution is -2.12. The number of aryl methyl sites for hydroxylation is 2. The zero-order valence-electron chi connectivity index (χ0n) is 18.0. The second-order valence-electron chi connectivity index (χ2n) is 7.22. The maximum atomic E-state index is 12.3. The van der Waals surface area contributed by atoms with Crippen LogP contribution in [0.2, 0.25) is 0 Å². The number of ether oxygens (including phenoxy) is 2. The number of aromatic nitrogens is 3. The van der Waals surface area contributed by atoms with Crippen LogP contribution in [-0.4, -0.2) is 27.6 Å². The third kappa shape index (κ3) is 5.51. The third-order valence-corrected chi connectivity index (χ3v) is 4.83. The van der Waals surface area contributed by atoms with Gasteiger partial charge in [-0.3, -0.25) is 4.79 Å². The van der Waals surface area contributed by atoms with Gasteiger partial charge in [0.2, 0.25) is 11.8 Å². The first-order valence-electron chi connectivity index (χ1n) is 10.3. The Labute approximate surface area is 186 Å². The molecule has 4 rings (SSSR count). The minimum absolute atomic E-state index is 0.0442. The molecule has 7 heteroatoms. The van der Waals surface area contributed by atoms with Crippen LogP contribution in [0.3, 0.4) is 0 Å². The highest BCUT2D eigenvalue weighted by Crippen LogP contribution is 2.23. The number of carbonyl (C=O) groups is 1. The first-order chi connectivity index (χ1) is 15.6. The van der Waals surface area contributed by atoms with Crippen molar-refractivity contribution >= 4 is 11.6 Å². The zero-order valence-corrected chi connectivity index (χ0v) is 18.0. The number of anilines is 1. The Bertz CT molecular complexity index is 1170. The molecule has 0 aliphatic rings. The highest BCUT2D eigenvalue weighted by Gasteiger charge is 2.07. The van der Waals surface area contributed by atoms with Crippen molar-refractivity contribution in [3.63, 3.8) is 0 Å². The van der Waals surface area contributed by atoms with Gasteiger partial charge in [0.05, 0.1) is 7.11 Å². The molecule has 4 aromatic rings. The van der Waals surface area contributed by atoms with Gasteiger partial charge in [-0.1, -0.05) is 12.1 Å². The molecule has 0 unspecified atom stereocenters. The second-order valence-corrected chi connectivity index (χ2v) is 7.22. The summed E-state index contributed by atoms with van der Waals surface area (Å²) in [6.45, 7) is 1.82. The minimum Gasteiger partial charge on any atom is -0.497 e. The van der Waals surface area contributed by atoms with Crippen LogP contribution in [0, 0.1) is 6.92 Å². The first kappa shape index (κ1) is 21.1. The van der Waals surface area contributed by atoms with Crippen LogP contribution in [0.25, 0.3) is 5.82 Å². The molecule has 2 heterocycles. The molecule has 32 heavy (non-hydrogen) atoms. The fourth-order valence-electron chi connectivity index (χ4n) is 3.20. The van der Waals surface area contributed by atoms with Crippen molar-refractivity contribution in [2.45, 2.75) is 19.8 Å². The predicted octanol–water partition coefficient (Wildman–Crippen LogP) is 4.95. The molecule has 0 spiro atoms. The van der Waals surface area contributed by atoms with Crippen molar-refractivity contribution in [2.75, 3.05) is 12.4 Å². The number of nitrogens with one attached hydrogen (secondary N) is 1. The highest BCUT2D eigenvalue weighted by molar-refractivity contribution is 5.90. The Morgan fingerprint density at radius 3 is 2.34 bits per heavy atom. The molecule has 162 valence electrons. The van der Waals surface area contributed by atoms with E-state index < -0.39 is 0 Å². The largest absolute Gasteiger partial charge is 0.497 e. The molecular weight excluding hydrogens is 404 g/mol. The van der Waals surface area contributed by atoms with E-state index in [1.165, 1.54) is 0 Å². The van der Waals surface area contributed by atoms with Crippen molar-refractivity contribution < 1.29 is 14.3 Å². The summed E-state index contributed by atoms with van der Waals surface area (Å²) in [6, 6.07) is 20.6. The van der Waals surface area contributed by atoms with Crippen LogP contribution in [0.1, 0.15) is 17.8 Å². The molecule has 0 radical (unpaired) electrons. The smallest absolute Gasteiger partial charge is 0.224 e. The van der Waals surface area contributed by atoms with Gasteiger partial charge >= 0.3 is 0 Å². The topological polar surface area (TPSA) is 78.3 Å². The monoisotopic (exact) mass is 428 g/mol. The van der Waals surface area contributed by atoms with E-state index in [2.05, 4.69) is 15.3 Å². The lowest BCUT2D eigenvalue weighted by atomic mass is 10.1. The Morgan fingerprint density at radius 2 is 1.66 bits per heavy atom. The molecule has 0 saturated heterocycles. The van der Waals surface area contributed by atoms with Gasteiger partial charge in [0, 0.05) is 30.6 Å². The maximum absolute atomic E-state index is 12.3. The Hall–Kier alpha value is -4.13. The van der Waals surface area contributed by atoms with Gasteiger partial charge in [-0.15, -0.1) is 0 Å². The molecule has 2 aromatic heterocycles. The van der Waals surface area contributed by atoms with Crippen molar-refractivity contribution in [2.24, 2.45) is 0 Å². The van der Waals surface area contributed by atoms with E-state index in [-0.39, 0.29) is 5.91 Å². The molecule has 0 aliphatic carbocycles. The lowest BCUT2D eigenvalue weighted by Gasteiger charge is -2.10. The number of rotatable bonds is 8. The Morgan fingerprint density at radius 1 is 0.969 bits per heavy atom. The van der Waals surface area contributed by atoms with E-state index in [0.29, 0.717) is 36.0 Å². The first-order valence-corrected chi connectivity index (χ1v) is 10.3. The van der Waals surface area contributed by atoms with Gasteiger partial charge in [0.15, 0.2) is 0 Å². The quantitative estimate of drug-likeness (QED) is 0.430. The minimum atomic E-state index is -0.0442. The summed E-state index contributed by atoms with van der Waals surface area (Å²) in [5, 5.41) is 2.91. The fourth-order valence-corrected chi connectivity index (χ4v) is 3.20. The number of hydrogen-bond donors (Lipinski definition) is 1. The molecule has 1 N–H and O–H groups in total. The normalized spacial score (nSPS) is 10.6. The van der Waals surface area contributed by atoms with Crippen LogP contribution in [-0.2, 0) is 11.2 Å². The van der Waals surface area contributed by atoms with E-state index in [1.54, 1.807) is 25.3 Å². The molecule has 0 aliphatic heterocycles. The lowest BCUT2D eigenvalue weighted by molar-refractivity contribution is -0.116. The Balaban J connectivity index is 1.33. The number of amides is 1. The number of hydrogen-bond acceptors (Lipinski definition) is 5. The van der Waals surface area contributed by atoms with Crippen LogP contribution in [0.15, 0.2) is 79.1 Å². The summed E-state index contributed by atoms with van der Waals surface area (Å²) < 4.78 is 12.9. The standard InChI is InChI=1S/C25H24N4O3/c1-18-26-23(29-15-3-4-16-29)17-25(27-18)32-22-12-8-20(9-13-22)28-24(30)14-7-19-5-10-21(31-2)11-6-19/h3-6,8-13,15-17H,7,14H2,1-2H3,(H,28,30). The summed E-state index contributed by atoms with van der Waals surface area (Å²) in [6.07, 6.45) is 4.89. The molecule has 0 fully saturated rings. The third-order valence-electron chi connectivity index (χ3n) is 4.83. The van der Waals surface area contributed by atoms with E-state index >= 15 is 0 Å². The molecule has 2 aromatic carbocycles. The Kier molecular flexibility index (Phi) is 6.46. The average molecular weight is 428 g/mol. The van der Waals surface area contributed by atoms with Crippen LogP contribution in [0.4, 0.5) is 5.69 Å². The molecule has 0 atom stereocenters. The number of carbonyl (C=O) groups excluding carboxylic acids is 1. The average Bonchev–Trinajstić information content (AvgIpc) is 3.34. The van der Waals surface area contributed by atoms with E-state index in [4.69, 9.17) is 9.47 Å². The molecule has 7 nitrogen and oxygen atoms in total. The maximum Gasteiger partial charge on any atom is 0.224 e. The molecule has 0 bridgehead atoms. The van der Waals surface area contributed by atoms with Gasteiger partial charge in [-0.05, 0) is 67.4 Å².